The number of carboxylic acids is 1. The van der Waals surface area contributed by atoms with Gasteiger partial charge in [-0.2, -0.15) is 0 Å². The van der Waals surface area contributed by atoms with Crippen LogP contribution in [0, 0.1) is 25.7 Å². The number of hydrogen-bond donors (Lipinski definition) is 2. The Morgan fingerprint density at radius 1 is 1.00 bits per heavy atom. The van der Waals surface area contributed by atoms with Crippen molar-refractivity contribution >= 4 is 46.3 Å². The lowest BCUT2D eigenvalue weighted by Gasteiger charge is -2.37. The molecule has 4 heterocycles. The summed E-state index contributed by atoms with van der Waals surface area (Å²) in [6, 6.07) is 20.9. The van der Waals surface area contributed by atoms with Gasteiger partial charge >= 0.3 is 5.97 Å². The molecule has 0 spiro atoms. The standard InChI is InChI=1S/C34H36ClN5O2S/c1-20-15-21(2)19-38(18-20)30-13-12-24(17-27(30)35)40-32(31(37-34(40)43)28-10-7-8-14-36-28)26-16-22(3)39(23(26)4)29-11-6-5-9-25(29)33(41)42/h5-14,16-17,20-21,31-32H,15,18-19H2,1-4H3,(H,37,43)(H,41,42)/t20-,21+,31-,32-/m0/s1. The molecule has 43 heavy (non-hydrogen) atoms. The van der Waals surface area contributed by atoms with Gasteiger partial charge in [-0.3, -0.25) is 4.98 Å². The first-order valence-corrected chi connectivity index (χ1v) is 15.5. The number of aromatic nitrogens is 2. The van der Waals surface area contributed by atoms with Crippen LogP contribution in [0.1, 0.15) is 65.4 Å². The summed E-state index contributed by atoms with van der Waals surface area (Å²) in [5.41, 5.74) is 6.58. The molecule has 4 atom stereocenters. The minimum absolute atomic E-state index is 0.236. The van der Waals surface area contributed by atoms with Crippen molar-refractivity contribution in [1.82, 2.24) is 14.9 Å². The number of halogens is 1. The van der Waals surface area contributed by atoms with Crippen LogP contribution in [-0.4, -0.2) is 38.8 Å². The van der Waals surface area contributed by atoms with Crippen LogP contribution in [0.3, 0.4) is 0 Å². The molecule has 2 N–H and O–H groups in total. The molecule has 2 aliphatic rings. The quantitative estimate of drug-likeness (QED) is 0.218. The molecule has 9 heteroatoms. The fraction of sp³-hybridized carbons (Fsp3) is 0.324. The smallest absolute Gasteiger partial charge is 0.337 e. The second kappa shape index (κ2) is 11.7. The fourth-order valence-electron chi connectivity index (χ4n) is 7.02. The molecule has 0 bridgehead atoms. The molecular formula is C34H36ClN5O2S. The number of carboxylic acid groups (broad SMARTS) is 1. The number of aromatic carboxylic acids is 1. The van der Waals surface area contributed by atoms with Crippen molar-refractivity contribution in [2.75, 3.05) is 22.9 Å². The number of nitrogens with zero attached hydrogens (tertiary/aromatic N) is 4. The van der Waals surface area contributed by atoms with Gasteiger partial charge in [0, 0.05) is 36.4 Å². The van der Waals surface area contributed by atoms with Crippen molar-refractivity contribution < 1.29 is 9.90 Å². The molecule has 0 aliphatic carbocycles. The minimum Gasteiger partial charge on any atom is -0.478 e. The SMILES string of the molecule is Cc1cc([C@H]2[C@H](c3ccccn3)NC(=S)N2c2ccc(N3C[C@H](C)C[C@H](C)C3)c(Cl)c2)c(C)n1-c1ccccc1C(=O)O. The molecule has 7 nitrogen and oxygen atoms in total. The Kier molecular flexibility index (Phi) is 7.92. The van der Waals surface area contributed by atoms with Gasteiger partial charge in [-0.25, -0.2) is 4.79 Å². The molecule has 0 amide bonds. The van der Waals surface area contributed by atoms with Crippen molar-refractivity contribution in [2.24, 2.45) is 11.8 Å². The number of carbonyl (C=O) groups is 1. The van der Waals surface area contributed by atoms with Gasteiger partial charge < -0.3 is 24.8 Å². The zero-order chi connectivity index (χ0) is 30.4. The molecule has 0 saturated carbocycles. The van der Waals surface area contributed by atoms with Crippen LogP contribution in [0.5, 0.6) is 0 Å². The first-order chi connectivity index (χ1) is 20.6. The number of nitrogens with one attached hydrogen (secondary N) is 1. The third kappa shape index (κ3) is 5.38. The number of para-hydroxylation sites is 1. The van der Waals surface area contributed by atoms with E-state index < -0.39 is 5.97 Å². The molecule has 222 valence electrons. The average Bonchev–Trinajstić information content (AvgIpc) is 3.47. The lowest BCUT2D eigenvalue weighted by Crippen LogP contribution is -2.38. The number of thiocarbonyl (C=S) groups is 1. The molecular weight excluding hydrogens is 578 g/mol. The summed E-state index contributed by atoms with van der Waals surface area (Å²) in [5.74, 6) is 0.258. The maximum absolute atomic E-state index is 12.1. The van der Waals surface area contributed by atoms with Gasteiger partial charge in [-0.05, 0) is 98.4 Å². The summed E-state index contributed by atoms with van der Waals surface area (Å²) in [4.78, 5) is 21.4. The van der Waals surface area contributed by atoms with Crippen LogP contribution in [0.4, 0.5) is 11.4 Å². The molecule has 2 aromatic carbocycles. The molecule has 2 fully saturated rings. The predicted octanol–water partition coefficient (Wildman–Crippen LogP) is 7.50. The van der Waals surface area contributed by atoms with E-state index in [9.17, 15) is 9.90 Å². The van der Waals surface area contributed by atoms with E-state index in [1.54, 1.807) is 18.3 Å². The Morgan fingerprint density at radius 3 is 2.40 bits per heavy atom. The average molecular weight is 614 g/mol. The maximum atomic E-state index is 12.1. The topological polar surface area (TPSA) is 73.6 Å². The van der Waals surface area contributed by atoms with E-state index in [1.165, 1.54) is 6.42 Å². The predicted molar refractivity (Wildman–Crippen MR) is 177 cm³/mol. The largest absolute Gasteiger partial charge is 0.478 e. The minimum atomic E-state index is -0.964. The van der Waals surface area contributed by atoms with Crippen molar-refractivity contribution in [3.8, 4) is 5.69 Å². The summed E-state index contributed by atoms with van der Waals surface area (Å²) in [6.07, 6.45) is 3.02. The van der Waals surface area contributed by atoms with Gasteiger partial charge in [0.1, 0.15) is 0 Å². The summed E-state index contributed by atoms with van der Waals surface area (Å²) in [5, 5.41) is 14.8. The fourth-order valence-corrected chi connectivity index (χ4v) is 7.66. The van der Waals surface area contributed by atoms with Crippen molar-refractivity contribution in [3.63, 3.8) is 0 Å². The Labute approximate surface area is 263 Å². The van der Waals surface area contributed by atoms with Crippen LogP contribution in [-0.2, 0) is 0 Å². The van der Waals surface area contributed by atoms with Crippen LogP contribution >= 0.6 is 23.8 Å². The first kappa shape index (κ1) is 29.2. The van der Waals surface area contributed by atoms with Gasteiger partial charge in [0.2, 0.25) is 0 Å². The lowest BCUT2D eigenvalue weighted by molar-refractivity contribution is 0.0697. The Balaban J connectivity index is 1.46. The van der Waals surface area contributed by atoms with Crippen molar-refractivity contribution in [1.29, 1.82) is 0 Å². The number of benzene rings is 2. The highest BCUT2D eigenvalue weighted by molar-refractivity contribution is 7.80. The van der Waals surface area contributed by atoms with Gasteiger partial charge in [-0.1, -0.05) is 43.6 Å². The van der Waals surface area contributed by atoms with Crippen molar-refractivity contribution in [3.05, 3.63) is 106 Å². The normalized spacial score (nSPS) is 22.1. The number of piperidine rings is 1. The van der Waals surface area contributed by atoms with E-state index in [1.807, 2.05) is 54.8 Å². The Hall–Kier alpha value is -3.88. The number of aryl methyl sites for hydroxylation is 1. The van der Waals surface area contributed by atoms with E-state index in [2.05, 4.69) is 47.2 Å². The lowest BCUT2D eigenvalue weighted by atomic mass is 9.91. The first-order valence-electron chi connectivity index (χ1n) is 14.7. The second-order valence-corrected chi connectivity index (χ2v) is 12.8. The van der Waals surface area contributed by atoms with E-state index in [4.69, 9.17) is 28.8 Å². The van der Waals surface area contributed by atoms with Gasteiger partial charge in [0.25, 0.3) is 0 Å². The molecule has 2 saturated heterocycles. The monoisotopic (exact) mass is 613 g/mol. The number of anilines is 2. The third-order valence-corrected chi connectivity index (χ3v) is 9.30. The summed E-state index contributed by atoms with van der Waals surface area (Å²) < 4.78 is 2.02. The molecule has 4 aromatic rings. The summed E-state index contributed by atoms with van der Waals surface area (Å²) >= 11 is 13.0. The third-order valence-electron chi connectivity index (χ3n) is 8.68. The highest BCUT2D eigenvalue weighted by Crippen LogP contribution is 2.45. The zero-order valence-corrected chi connectivity index (χ0v) is 26.4. The van der Waals surface area contributed by atoms with Crippen LogP contribution in [0.2, 0.25) is 5.02 Å². The number of rotatable bonds is 6. The zero-order valence-electron chi connectivity index (χ0n) is 24.8. The van der Waals surface area contributed by atoms with E-state index in [0.717, 1.165) is 47.1 Å². The highest BCUT2D eigenvalue weighted by Gasteiger charge is 2.42. The van der Waals surface area contributed by atoms with Gasteiger partial charge in [0.15, 0.2) is 5.11 Å². The van der Waals surface area contributed by atoms with Gasteiger partial charge in [0.05, 0.1) is 39.7 Å². The number of pyridine rings is 1. The highest BCUT2D eigenvalue weighted by atomic mass is 35.5. The maximum Gasteiger partial charge on any atom is 0.337 e. The molecule has 6 rings (SSSR count). The van der Waals surface area contributed by atoms with E-state index in [-0.39, 0.29) is 17.6 Å². The molecule has 0 unspecified atom stereocenters. The summed E-state index contributed by atoms with van der Waals surface area (Å²) in [6.45, 7) is 10.6. The molecule has 2 aromatic heterocycles. The summed E-state index contributed by atoms with van der Waals surface area (Å²) in [7, 11) is 0. The molecule has 2 aliphatic heterocycles. The Morgan fingerprint density at radius 2 is 1.72 bits per heavy atom. The van der Waals surface area contributed by atoms with Crippen LogP contribution < -0.4 is 15.1 Å². The van der Waals surface area contributed by atoms with E-state index >= 15 is 0 Å². The van der Waals surface area contributed by atoms with Crippen molar-refractivity contribution in [2.45, 2.75) is 46.2 Å². The van der Waals surface area contributed by atoms with Crippen LogP contribution in [0.15, 0.2) is 72.9 Å². The van der Waals surface area contributed by atoms with E-state index in [0.29, 0.717) is 27.7 Å². The van der Waals surface area contributed by atoms with Crippen LogP contribution in [0.25, 0.3) is 5.69 Å². The van der Waals surface area contributed by atoms with Gasteiger partial charge in [-0.15, -0.1) is 0 Å². The Bertz CT molecular complexity index is 1680. The molecule has 0 radical (unpaired) electrons. The number of hydrogen-bond acceptors (Lipinski definition) is 4. The second-order valence-electron chi connectivity index (χ2n) is 12.0.